The lowest BCUT2D eigenvalue weighted by molar-refractivity contribution is 0.168. The largest absolute Gasteiger partial charge is 0.493 e. The van der Waals surface area contributed by atoms with Crippen LogP contribution < -0.4 is 4.74 Å². The molecular formula is C22H26N4O2. The number of benzene rings is 1. The van der Waals surface area contributed by atoms with Crippen LogP contribution in [-0.4, -0.2) is 64.4 Å². The van der Waals surface area contributed by atoms with Gasteiger partial charge < -0.3 is 14.5 Å². The third-order valence-electron chi connectivity index (χ3n) is 6.98. The van der Waals surface area contributed by atoms with E-state index in [1.165, 1.54) is 11.1 Å². The molecule has 1 aromatic heterocycles. The summed E-state index contributed by atoms with van der Waals surface area (Å²) in [5.74, 6) is 0.992. The van der Waals surface area contributed by atoms with E-state index in [2.05, 4.69) is 28.0 Å². The van der Waals surface area contributed by atoms with E-state index in [1.54, 1.807) is 4.68 Å². The van der Waals surface area contributed by atoms with Gasteiger partial charge in [-0.15, -0.1) is 0 Å². The smallest absolute Gasteiger partial charge is 0.345 e. The van der Waals surface area contributed by atoms with Crippen LogP contribution in [0.1, 0.15) is 36.1 Å². The lowest BCUT2D eigenvalue weighted by atomic mass is 10.0. The van der Waals surface area contributed by atoms with E-state index in [9.17, 15) is 4.79 Å². The monoisotopic (exact) mass is 378 g/mol. The average Bonchev–Trinajstić information content (AvgIpc) is 3.39. The highest BCUT2D eigenvalue weighted by atomic mass is 16.5. The van der Waals surface area contributed by atoms with Gasteiger partial charge in [-0.1, -0.05) is 0 Å². The normalized spacial score (nSPS) is 25.4. The third kappa shape index (κ3) is 2.50. The molecule has 146 valence electrons. The zero-order valence-corrected chi connectivity index (χ0v) is 16.2. The molecule has 7 rings (SSSR count). The highest BCUT2D eigenvalue weighted by molar-refractivity contribution is 5.80. The van der Waals surface area contributed by atoms with Gasteiger partial charge in [0, 0.05) is 49.8 Å². The van der Waals surface area contributed by atoms with Gasteiger partial charge in [0.1, 0.15) is 5.75 Å². The van der Waals surface area contributed by atoms with E-state index >= 15 is 0 Å². The molecular weight excluding hydrogens is 352 g/mol. The number of fused-ring (bicyclic) bond motifs is 6. The molecule has 1 aliphatic carbocycles. The van der Waals surface area contributed by atoms with Crippen LogP contribution in [0.4, 0.5) is 4.79 Å². The van der Waals surface area contributed by atoms with Crippen molar-refractivity contribution in [2.45, 2.75) is 44.6 Å². The number of hydrogen-bond acceptors (Lipinski definition) is 4. The fraction of sp³-hybridized carbons (Fsp3) is 0.545. The van der Waals surface area contributed by atoms with E-state index in [0.717, 1.165) is 94.0 Å². The minimum atomic E-state index is 0.0858. The molecule has 0 saturated carbocycles. The van der Waals surface area contributed by atoms with Crippen molar-refractivity contribution < 1.29 is 9.53 Å². The Labute approximate surface area is 165 Å². The van der Waals surface area contributed by atoms with Crippen molar-refractivity contribution >= 4 is 6.03 Å². The topological polar surface area (TPSA) is 50.6 Å². The first-order valence-electron chi connectivity index (χ1n) is 10.7. The van der Waals surface area contributed by atoms with E-state index in [4.69, 9.17) is 9.84 Å². The summed E-state index contributed by atoms with van der Waals surface area (Å²) in [6, 6.07) is 6.82. The number of aromatic nitrogens is 2. The van der Waals surface area contributed by atoms with E-state index in [0.29, 0.717) is 6.04 Å². The first-order valence-corrected chi connectivity index (χ1v) is 10.7. The van der Waals surface area contributed by atoms with Crippen molar-refractivity contribution in [1.82, 2.24) is 19.6 Å². The molecule has 5 aliphatic rings. The van der Waals surface area contributed by atoms with Gasteiger partial charge in [0.25, 0.3) is 0 Å². The lowest BCUT2D eigenvalue weighted by Gasteiger charge is -2.31. The zero-order chi connectivity index (χ0) is 18.7. The molecule has 5 heterocycles. The Morgan fingerprint density at radius 3 is 2.86 bits per heavy atom. The minimum Gasteiger partial charge on any atom is -0.493 e. The molecule has 0 radical (unpaired) electrons. The third-order valence-corrected chi connectivity index (χ3v) is 6.98. The summed E-state index contributed by atoms with van der Waals surface area (Å²) in [7, 11) is 0. The van der Waals surface area contributed by atoms with Crippen LogP contribution >= 0.6 is 0 Å². The number of rotatable bonds is 1. The standard InChI is InChI=1S/C22H26N4O2/c27-22(25-12-11-24-9-6-17(25)7-10-24)26-19-3-1-2-18(19)21(23-26)16-4-5-20-15(14-16)8-13-28-20/h4-5,14,17H,1-3,6-13H2. The van der Waals surface area contributed by atoms with Crippen LogP contribution in [0.5, 0.6) is 5.75 Å². The SMILES string of the molecule is O=C(N1CCN2CCC1CC2)n1nc(-c2ccc3c(c2)CCO3)c2c1CCC2. The van der Waals surface area contributed by atoms with Crippen LogP contribution in [0, 0.1) is 0 Å². The molecule has 0 unspecified atom stereocenters. The van der Waals surface area contributed by atoms with Gasteiger partial charge in [0.05, 0.1) is 18.0 Å². The second-order valence-electron chi connectivity index (χ2n) is 8.51. The van der Waals surface area contributed by atoms with Gasteiger partial charge >= 0.3 is 6.03 Å². The summed E-state index contributed by atoms with van der Waals surface area (Å²) in [6.07, 6.45) is 6.21. The first kappa shape index (κ1) is 16.6. The summed E-state index contributed by atoms with van der Waals surface area (Å²) in [6.45, 7) is 4.81. The Bertz CT molecular complexity index is 942. The summed E-state index contributed by atoms with van der Waals surface area (Å²) in [5, 5.41) is 4.89. The molecule has 3 fully saturated rings. The quantitative estimate of drug-likeness (QED) is 0.766. The summed E-state index contributed by atoms with van der Waals surface area (Å²) < 4.78 is 7.40. The Morgan fingerprint density at radius 1 is 1.07 bits per heavy atom. The Balaban J connectivity index is 1.38. The van der Waals surface area contributed by atoms with Crippen molar-refractivity contribution in [2.24, 2.45) is 0 Å². The lowest BCUT2D eigenvalue weighted by Crippen LogP contribution is -2.44. The minimum absolute atomic E-state index is 0.0858. The number of nitrogens with zero attached hydrogens (tertiary/aromatic N) is 4. The van der Waals surface area contributed by atoms with E-state index in [-0.39, 0.29) is 6.03 Å². The van der Waals surface area contributed by atoms with Gasteiger partial charge in [-0.2, -0.15) is 9.78 Å². The molecule has 28 heavy (non-hydrogen) atoms. The number of amides is 1. The molecule has 1 amide bonds. The molecule has 3 saturated heterocycles. The maximum atomic E-state index is 13.5. The van der Waals surface area contributed by atoms with Crippen molar-refractivity contribution in [1.29, 1.82) is 0 Å². The molecule has 0 spiro atoms. The van der Waals surface area contributed by atoms with Crippen LogP contribution in [-0.2, 0) is 19.3 Å². The summed E-state index contributed by atoms with van der Waals surface area (Å²) >= 11 is 0. The zero-order valence-electron chi connectivity index (χ0n) is 16.2. The Morgan fingerprint density at radius 2 is 1.96 bits per heavy atom. The van der Waals surface area contributed by atoms with E-state index in [1.807, 2.05) is 0 Å². The molecule has 1 aromatic carbocycles. The predicted molar refractivity (Wildman–Crippen MR) is 106 cm³/mol. The number of carbonyl (C=O) groups excluding carboxylic acids is 1. The molecule has 0 atom stereocenters. The molecule has 6 heteroatoms. The summed E-state index contributed by atoms with van der Waals surface area (Å²) in [5.41, 5.74) is 5.78. The second kappa shape index (κ2) is 6.34. The van der Waals surface area contributed by atoms with Gasteiger partial charge in [-0.3, -0.25) is 0 Å². The Kier molecular flexibility index (Phi) is 3.76. The summed E-state index contributed by atoms with van der Waals surface area (Å²) in [4.78, 5) is 18.1. The van der Waals surface area contributed by atoms with Crippen LogP contribution in [0.25, 0.3) is 11.3 Å². The van der Waals surface area contributed by atoms with Gasteiger partial charge in [0.2, 0.25) is 0 Å². The van der Waals surface area contributed by atoms with Crippen molar-refractivity contribution in [2.75, 3.05) is 32.8 Å². The van der Waals surface area contributed by atoms with Crippen molar-refractivity contribution in [3.63, 3.8) is 0 Å². The molecule has 2 bridgehead atoms. The number of carbonyl (C=O) groups is 1. The van der Waals surface area contributed by atoms with Gasteiger partial charge in [0.15, 0.2) is 0 Å². The maximum absolute atomic E-state index is 13.5. The van der Waals surface area contributed by atoms with Crippen LogP contribution in [0.15, 0.2) is 18.2 Å². The fourth-order valence-electron chi connectivity index (χ4n) is 5.42. The van der Waals surface area contributed by atoms with Crippen molar-refractivity contribution in [3.05, 3.63) is 35.0 Å². The Hall–Kier alpha value is -2.34. The molecule has 6 nitrogen and oxygen atoms in total. The predicted octanol–water partition coefficient (Wildman–Crippen LogP) is 2.72. The highest BCUT2D eigenvalue weighted by Crippen LogP contribution is 2.36. The van der Waals surface area contributed by atoms with E-state index < -0.39 is 0 Å². The van der Waals surface area contributed by atoms with Gasteiger partial charge in [-0.05, 0) is 55.9 Å². The number of hydrogen-bond donors (Lipinski definition) is 0. The number of ether oxygens (including phenoxy) is 1. The van der Waals surface area contributed by atoms with Crippen molar-refractivity contribution in [3.8, 4) is 17.0 Å². The highest BCUT2D eigenvalue weighted by Gasteiger charge is 2.35. The van der Waals surface area contributed by atoms with Gasteiger partial charge in [-0.25, -0.2) is 4.79 Å². The molecule has 0 N–H and O–H groups in total. The first-order chi connectivity index (χ1) is 13.8. The molecule has 4 aliphatic heterocycles. The maximum Gasteiger partial charge on any atom is 0.345 e. The molecule has 2 aromatic rings. The van der Waals surface area contributed by atoms with Crippen LogP contribution in [0.2, 0.25) is 0 Å². The average molecular weight is 378 g/mol. The van der Waals surface area contributed by atoms with Crippen LogP contribution in [0.3, 0.4) is 0 Å². The fourth-order valence-corrected chi connectivity index (χ4v) is 5.42. The number of piperidine rings is 1. The second-order valence-corrected chi connectivity index (χ2v) is 8.51.